The van der Waals surface area contributed by atoms with Crippen LogP contribution in [0.1, 0.15) is 53.3 Å². The second kappa shape index (κ2) is 6.98. The number of rotatable bonds is 3. The molecule has 6 nitrogen and oxygen atoms in total. The number of hydrogen-bond acceptors (Lipinski definition) is 3. The summed E-state index contributed by atoms with van der Waals surface area (Å²) < 4.78 is 41.9. The number of carbonyl (C=O) groups is 2. The SMILES string of the molecule is C=C1[C@H]2C[C@H]2C[C@@H]1N1CCN(C(=O)c2nn3c(C(F)(F)F)cc(C4CC4)cc3c2Cl)CC1=O. The van der Waals surface area contributed by atoms with Crippen molar-refractivity contribution < 1.29 is 22.8 Å². The number of nitrogens with zero attached hydrogens (tertiary/aromatic N) is 4. The van der Waals surface area contributed by atoms with Crippen LogP contribution in [0.2, 0.25) is 5.02 Å². The van der Waals surface area contributed by atoms with Crippen LogP contribution >= 0.6 is 11.6 Å². The van der Waals surface area contributed by atoms with Gasteiger partial charge in [0.1, 0.15) is 12.2 Å². The molecule has 0 aromatic carbocycles. The van der Waals surface area contributed by atoms with E-state index in [1.54, 1.807) is 11.0 Å². The first-order chi connectivity index (χ1) is 15.6. The first kappa shape index (κ1) is 21.0. The van der Waals surface area contributed by atoms with Crippen LogP contribution in [-0.4, -0.2) is 56.9 Å². The van der Waals surface area contributed by atoms with Gasteiger partial charge in [-0.25, -0.2) is 4.52 Å². The van der Waals surface area contributed by atoms with E-state index >= 15 is 0 Å². The van der Waals surface area contributed by atoms with Gasteiger partial charge in [-0.15, -0.1) is 0 Å². The molecular weight excluding hydrogens is 457 g/mol. The molecule has 0 bridgehead atoms. The number of amides is 2. The summed E-state index contributed by atoms with van der Waals surface area (Å²) in [6.07, 6.45) is -0.925. The van der Waals surface area contributed by atoms with Crippen molar-refractivity contribution in [3.05, 3.63) is 46.3 Å². The molecule has 3 atom stereocenters. The van der Waals surface area contributed by atoms with Gasteiger partial charge in [-0.3, -0.25) is 9.59 Å². The molecule has 1 saturated heterocycles. The van der Waals surface area contributed by atoms with Crippen LogP contribution < -0.4 is 0 Å². The minimum Gasteiger partial charge on any atom is -0.333 e. The van der Waals surface area contributed by atoms with Crippen molar-refractivity contribution in [3.8, 4) is 0 Å². The molecule has 33 heavy (non-hydrogen) atoms. The van der Waals surface area contributed by atoms with Crippen molar-refractivity contribution in [2.75, 3.05) is 19.6 Å². The summed E-state index contributed by atoms with van der Waals surface area (Å²) in [4.78, 5) is 29.1. The summed E-state index contributed by atoms with van der Waals surface area (Å²) in [7, 11) is 0. The van der Waals surface area contributed by atoms with E-state index in [9.17, 15) is 22.8 Å². The number of alkyl halides is 3. The van der Waals surface area contributed by atoms with Crippen LogP contribution in [0.25, 0.3) is 5.52 Å². The molecule has 3 aliphatic carbocycles. The molecule has 10 heteroatoms. The Morgan fingerprint density at radius 3 is 2.55 bits per heavy atom. The largest absolute Gasteiger partial charge is 0.433 e. The van der Waals surface area contributed by atoms with E-state index in [0.717, 1.165) is 37.3 Å². The van der Waals surface area contributed by atoms with Gasteiger partial charge in [0.25, 0.3) is 5.91 Å². The number of fused-ring (bicyclic) bond motifs is 2. The molecule has 0 spiro atoms. The zero-order valence-electron chi connectivity index (χ0n) is 17.7. The molecule has 0 radical (unpaired) electrons. The predicted octanol–water partition coefficient (Wildman–Crippen LogP) is 4.13. The highest BCUT2D eigenvalue weighted by Crippen LogP contribution is 2.55. The molecule has 4 fully saturated rings. The first-order valence-electron chi connectivity index (χ1n) is 11.2. The molecule has 0 unspecified atom stereocenters. The van der Waals surface area contributed by atoms with Gasteiger partial charge in [0.2, 0.25) is 5.91 Å². The minimum atomic E-state index is -4.65. The van der Waals surface area contributed by atoms with Crippen molar-refractivity contribution >= 4 is 28.9 Å². The fraction of sp³-hybridized carbons (Fsp3) is 0.522. The van der Waals surface area contributed by atoms with E-state index < -0.39 is 17.8 Å². The van der Waals surface area contributed by atoms with Crippen LogP contribution in [0.15, 0.2) is 24.3 Å². The van der Waals surface area contributed by atoms with Crippen molar-refractivity contribution in [3.63, 3.8) is 0 Å². The zero-order chi connectivity index (χ0) is 23.2. The van der Waals surface area contributed by atoms with Crippen molar-refractivity contribution in [2.24, 2.45) is 11.8 Å². The highest BCUT2D eigenvalue weighted by Gasteiger charge is 2.52. The molecule has 3 heterocycles. The van der Waals surface area contributed by atoms with Gasteiger partial charge in [0.05, 0.1) is 16.6 Å². The first-order valence-corrected chi connectivity index (χ1v) is 11.6. The molecule has 3 saturated carbocycles. The summed E-state index contributed by atoms with van der Waals surface area (Å²) in [5, 5.41) is 3.84. The lowest BCUT2D eigenvalue weighted by Crippen LogP contribution is -2.55. The van der Waals surface area contributed by atoms with Gasteiger partial charge in [-0.2, -0.15) is 18.3 Å². The van der Waals surface area contributed by atoms with Crippen molar-refractivity contribution in [2.45, 2.75) is 43.8 Å². The molecule has 0 N–H and O–H groups in total. The summed E-state index contributed by atoms with van der Waals surface area (Å²) in [5.41, 5.74) is 0.491. The Morgan fingerprint density at radius 1 is 1.18 bits per heavy atom. The maximum absolute atomic E-state index is 13.7. The lowest BCUT2D eigenvalue weighted by atomic mass is 10.0. The van der Waals surface area contributed by atoms with E-state index in [0.29, 0.717) is 28.5 Å². The van der Waals surface area contributed by atoms with Crippen molar-refractivity contribution in [1.29, 1.82) is 0 Å². The zero-order valence-corrected chi connectivity index (χ0v) is 18.5. The van der Waals surface area contributed by atoms with Crippen LogP contribution in [-0.2, 0) is 11.0 Å². The summed E-state index contributed by atoms with van der Waals surface area (Å²) in [5.74, 6) is 0.390. The molecule has 4 aliphatic rings. The molecule has 2 amide bonds. The molecule has 174 valence electrons. The van der Waals surface area contributed by atoms with Crippen LogP contribution in [0.3, 0.4) is 0 Å². The van der Waals surface area contributed by atoms with E-state index in [-0.39, 0.29) is 47.2 Å². The molecule has 2 aromatic heterocycles. The fourth-order valence-electron chi connectivity index (χ4n) is 5.44. The maximum atomic E-state index is 13.7. The normalized spacial score (nSPS) is 27.5. The Hall–Kier alpha value is -2.55. The van der Waals surface area contributed by atoms with Crippen LogP contribution in [0.5, 0.6) is 0 Å². The average Bonchev–Trinajstić information content (AvgIpc) is 3.68. The molecular formula is C23H22ClF3N4O2. The lowest BCUT2D eigenvalue weighted by molar-refractivity contribution is -0.142. The van der Waals surface area contributed by atoms with Crippen LogP contribution in [0.4, 0.5) is 13.2 Å². The average molecular weight is 479 g/mol. The van der Waals surface area contributed by atoms with E-state index in [2.05, 4.69) is 11.7 Å². The Kier molecular flexibility index (Phi) is 4.44. The summed E-state index contributed by atoms with van der Waals surface area (Å²) in [6, 6.07) is 2.69. The second-order valence-corrected chi connectivity index (χ2v) is 10.0. The quantitative estimate of drug-likeness (QED) is 0.623. The van der Waals surface area contributed by atoms with Gasteiger partial charge >= 0.3 is 6.18 Å². The monoisotopic (exact) mass is 478 g/mol. The lowest BCUT2D eigenvalue weighted by Gasteiger charge is -2.38. The number of carbonyl (C=O) groups excluding carboxylic acids is 2. The number of halogens is 4. The standard InChI is InChI=1S/C23H22ClF3N4O2/c1-11-15-6-14(15)8-16(11)30-5-4-29(10-19(30)32)22(33)21-20(24)17-7-13(12-2-3-12)9-18(23(25,26)27)31(17)28-21/h7,9,12,14-16H,1-6,8,10H2/t14-,15+,16-/m0/s1. The number of piperazine rings is 1. The van der Waals surface area contributed by atoms with Gasteiger partial charge < -0.3 is 9.80 Å². The number of hydrogen-bond donors (Lipinski definition) is 0. The van der Waals surface area contributed by atoms with E-state index in [1.807, 2.05) is 0 Å². The van der Waals surface area contributed by atoms with Gasteiger partial charge in [0, 0.05) is 13.1 Å². The third-order valence-corrected chi connectivity index (χ3v) is 7.88. The highest BCUT2D eigenvalue weighted by atomic mass is 35.5. The van der Waals surface area contributed by atoms with Gasteiger partial charge in [0.15, 0.2) is 5.69 Å². The second-order valence-electron chi connectivity index (χ2n) is 9.65. The Bertz CT molecular complexity index is 1220. The Balaban J connectivity index is 1.28. The van der Waals surface area contributed by atoms with Gasteiger partial charge in [-0.1, -0.05) is 23.8 Å². The minimum absolute atomic E-state index is 0.0208. The number of pyridine rings is 1. The van der Waals surface area contributed by atoms with E-state index in [4.69, 9.17) is 11.6 Å². The summed E-state index contributed by atoms with van der Waals surface area (Å²) >= 11 is 6.39. The topological polar surface area (TPSA) is 57.9 Å². The summed E-state index contributed by atoms with van der Waals surface area (Å²) in [6.45, 7) is 4.64. The van der Waals surface area contributed by atoms with Crippen molar-refractivity contribution in [1.82, 2.24) is 19.4 Å². The third-order valence-electron chi connectivity index (χ3n) is 7.51. The molecule has 6 rings (SSSR count). The maximum Gasteiger partial charge on any atom is 0.433 e. The predicted molar refractivity (Wildman–Crippen MR) is 114 cm³/mol. The van der Waals surface area contributed by atoms with Crippen LogP contribution in [0, 0.1) is 11.8 Å². The molecule has 1 aliphatic heterocycles. The van der Waals surface area contributed by atoms with Gasteiger partial charge in [-0.05, 0) is 61.1 Å². The third kappa shape index (κ3) is 3.34. The Morgan fingerprint density at radius 2 is 1.94 bits per heavy atom. The van der Waals surface area contributed by atoms with E-state index in [1.165, 1.54) is 4.90 Å². The Labute approximate surface area is 193 Å². The smallest absolute Gasteiger partial charge is 0.333 e. The highest BCUT2D eigenvalue weighted by molar-refractivity contribution is 6.36. The fourth-order valence-corrected chi connectivity index (χ4v) is 5.70. The molecule has 2 aromatic rings. The number of aromatic nitrogens is 2.